The Morgan fingerprint density at radius 3 is 1.58 bits per heavy atom. The van der Waals surface area contributed by atoms with Gasteiger partial charge in [-0.05, 0) is 67.5 Å². The molecule has 0 amide bonds. The minimum absolute atomic E-state index is 0.881. The molecule has 3 rings (SSSR count). The molecule has 0 radical (unpaired) electrons. The monoisotopic (exact) mass is 328 g/mol. The lowest BCUT2D eigenvalue weighted by molar-refractivity contribution is 0.941. The topological polar surface area (TPSA) is 0 Å². The normalized spacial score (nSPS) is 15.6. The Balaban J connectivity index is 2.15. The van der Waals surface area contributed by atoms with Gasteiger partial charge < -0.3 is 0 Å². The van der Waals surface area contributed by atoms with E-state index in [1.54, 1.807) is 22.7 Å². The van der Waals surface area contributed by atoms with Crippen LogP contribution in [-0.2, 0) is 0 Å². The Bertz CT molecular complexity index is 605. The van der Waals surface area contributed by atoms with Crippen molar-refractivity contribution in [1.82, 2.24) is 0 Å². The van der Waals surface area contributed by atoms with Gasteiger partial charge in [-0.2, -0.15) is 0 Å². The van der Waals surface area contributed by atoms with Crippen LogP contribution in [0, 0.1) is 13.8 Å². The lowest BCUT2D eigenvalue weighted by Crippen LogP contribution is -1.86. The molecule has 0 aromatic carbocycles. The fourth-order valence-electron chi connectivity index (χ4n) is 2.83. The number of rotatable bonds is 2. The largest absolute Gasteiger partial charge is 0.128 e. The highest BCUT2D eigenvalue weighted by atomic mass is 35.5. The maximum atomic E-state index is 6.15. The van der Waals surface area contributed by atoms with Gasteiger partial charge in [-0.3, -0.25) is 0 Å². The quantitative estimate of drug-likeness (QED) is 0.566. The van der Waals surface area contributed by atoms with Crippen LogP contribution in [0.25, 0.3) is 11.1 Å². The van der Waals surface area contributed by atoms with E-state index in [0.717, 1.165) is 21.5 Å². The summed E-state index contributed by atoms with van der Waals surface area (Å²) >= 11 is 15.6. The van der Waals surface area contributed by atoms with E-state index in [0.29, 0.717) is 0 Å². The van der Waals surface area contributed by atoms with Crippen molar-refractivity contribution in [1.29, 1.82) is 0 Å². The molecule has 0 saturated heterocycles. The lowest BCUT2D eigenvalue weighted by atomic mass is 9.98. The Kier molecular flexibility index (Phi) is 3.78. The van der Waals surface area contributed by atoms with E-state index in [9.17, 15) is 0 Å². The third-order valence-electron chi connectivity index (χ3n) is 3.64. The highest BCUT2D eigenvalue weighted by molar-refractivity contribution is 7.16. The average Bonchev–Trinajstić information content (AvgIpc) is 2.98. The minimum atomic E-state index is 0.881. The van der Waals surface area contributed by atoms with Crippen LogP contribution in [0.5, 0.6) is 0 Å². The second-order valence-corrected chi connectivity index (χ2v) is 8.63. The SMILES string of the molecule is Cc1sc(Cl)cc1C1=C(c2cc(Cl)sc2C)CCC1. The van der Waals surface area contributed by atoms with Crippen molar-refractivity contribution in [3.8, 4) is 0 Å². The number of hydrogen-bond donors (Lipinski definition) is 0. The Labute approximate surface area is 131 Å². The van der Waals surface area contributed by atoms with E-state index in [-0.39, 0.29) is 0 Å². The molecule has 2 aromatic heterocycles. The zero-order chi connectivity index (χ0) is 13.6. The molecule has 0 bridgehead atoms. The second kappa shape index (κ2) is 5.25. The van der Waals surface area contributed by atoms with Crippen molar-refractivity contribution in [2.24, 2.45) is 0 Å². The predicted octanol–water partition coefficient (Wildman–Crippen LogP) is 6.83. The van der Waals surface area contributed by atoms with Crippen molar-refractivity contribution in [2.75, 3.05) is 0 Å². The summed E-state index contributed by atoms with van der Waals surface area (Å²) in [6, 6.07) is 4.23. The molecule has 4 heteroatoms. The van der Waals surface area contributed by atoms with E-state index in [1.165, 1.54) is 38.4 Å². The zero-order valence-electron chi connectivity index (χ0n) is 10.8. The first-order valence-corrected chi connectivity index (χ1v) is 8.70. The Hall–Kier alpha value is -0.280. The molecular weight excluding hydrogens is 315 g/mol. The third kappa shape index (κ3) is 2.52. The van der Waals surface area contributed by atoms with E-state index >= 15 is 0 Å². The van der Waals surface area contributed by atoms with Gasteiger partial charge in [0.1, 0.15) is 0 Å². The summed E-state index contributed by atoms with van der Waals surface area (Å²) in [6.07, 6.45) is 3.52. The van der Waals surface area contributed by atoms with E-state index in [4.69, 9.17) is 23.2 Å². The summed E-state index contributed by atoms with van der Waals surface area (Å²) in [6.45, 7) is 4.31. The van der Waals surface area contributed by atoms with Crippen LogP contribution in [0.3, 0.4) is 0 Å². The van der Waals surface area contributed by atoms with Gasteiger partial charge in [-0.15, -0.1) is 22.7 Å². The number of thiophene rings is 2. The molecule has 0 atom stereocenters. The summed E-state index contributed by atoms with van der Waals surface area (Å²) in [5.74, 6) is 0. The van der Waals surface area contributed by atoms with Gasteiger partial charge in [-0.1, -0.05) is 23.2 Å². The average molecular weight is 329 g/mol. The molecule has 0 spiro atoms. The van der Waals surface area contributed by atoms with Crippen molar-refractivity contribution in [3.63, 3.8) is 0 Å². The van der Waals surface area contributed by atoms with Gasteiger partial charge in [0.2, 0.25) is 0 Å². The lowest BCUT2D eigenvalue weighted by Gasteiger charge is -2.07. The van der Waals surface area contributed by atoms with Gasteiger partial charge >= 0.3 is 0 Å². The first kappa shape index (κ1) is 13.7. The highest BCUT2D eigenvalue weighted by Crippen LogP contribution is 2.45. The summed E-state index contributed by atoms with van der Waals surface area (Å²) in [5.41, 5.74) is 5.62. The molecule has 2 heterocycles. The summed E-state index contributed by atoms with van der Waals surface area (Å²) in [7, 11) is 0. The van der Waals surface area contributed by atoms with Crippen LogP contribution >= 0.6 is 45.9 Å². The smallest absolute Gasteiger partial charge is 0.0937 e. The molecule has 1 aliphatic rings. The van der Waals surface area contributed by atoms with Gasteiger partial charge in [0.25, 0.3) is 0 Å². The number of halogens is 2. The molecule has 19 heavy (non-hydrogen) atoms. The third-order valence-corrected chi connectivity index (χ3v) is 6.00. The van der Waals surface area contributed by atoms with Crippen molar-refractivity contribution in [3.05, 3.63) is 41.7 Å². The number of hydrogen-bond acceptors (Lipinski definition) is 2. The van der Waals surface area contributed by atoms with Gasteiger partial charge in [0.05, 0.1) is 8.67 Å². The van der Waals surface area contributed by atoms with Gasteiger partial charge in [0, 0.05) is 9.75 Å². The van der Waals surface area contributed by atoms with Crippen LogP contribution in [0.4, 0.5) is 0 Å². The molecular formula is C15H14Cl2S2. The second-order valence-electron chi connectivity index (χ2n) is 4.85. The predicted molar refractivity (Wildman–Crippen MR) is 88.8 cm³/mol. The van der Waals surface area contributed by atoms with Gasteiger partial charge in [0.15, 0.2) is 0 Å². The van der Waals surface area contributed by atoms with Crippen molar-refractivity contribution < 1.29 is 0 Å². The molecule has 1 aliphatic carbocycles. The van der Waals surface area contributed by atoms with Crippen LogP contribution in [0.1, 0.15) is 40.1 Å². The van der Waals surface area contributed by atoms with Crippen LogP contribution in [0.2, 0.25) is 8.67 Å². The summed E-state index contributed by atoms with van der Waals surface area (Å²) in [4.78, 5) is 2.64. The first-order chi connectivity index (χ1) is 9.06. The molecule has 0 fully saturated rings. The van der Waals surface area contributed by atoms with Crippen molar-refractivity contribution in [2.45, 2.75) is 33.1 Å². The fraction of sp³-hybridized carbons (Fsp3) is 0.333. The minimum Gasteiger partial charge on any atom is -0.128 e. The van der Waals surface area contributed by atoms with Crippen LogP contribution in [0.15, 0.2) is 12.1 Å². The summed E-state index contributed by atoms with van der Waals surface area (Å²) < 4.78 is 1.76. The van der Waals surface area contributed by atoms with Gasteiger partial charge in [-0.25, -0.2) is 0 Å². The molecule has 0 saturated carbocycles. The van der Waals surface area contributed by atoms with E-state index in [2.05, 4.69) is 26.0 Å². The van der Waals surface area contributed by atoms with Crippen molar-refractivity contribution >= 4 is 57.0 Å². The molecule has 0 nitrogen and oxygen atoms in total. The summed E-state index contributed by atoms with van der Waals surface area (Å²) in [5, 5.41) is 0. The molecule has 100 valence electrons. The molecule has 2 aromatic rings. The van der Waals surface area contributed by atoms with Crippen LogP contribution < -0.4 is 0 Å². The maximum Gasteiger partial charge on any atom is 0.0937 e. The van der Waals surface area contributed by atoms with E-state index < -0.39 is 0 Å². The zero-order valence-corrected chi connectivity index (χ0v) is 14.0. The number of allylic oxidation sites excluding steroid dienone is 2. The van der Waals surface area contributed by atoms with E-state index in [1.807, 2.05) is 0 Å². The fourth-order valence-corrected chi connectivity index (χ4v) is 5.26. The first-order valence-electron chi connectivity index (χ1n) is 6.31. The van der Waals surface area contributed by atoms with Crippen LogP contribution in [-0.4, -0.2) is 0 Å². The maximum absolute atomic E-state index is 6.15. The molecule has 0 aliphatic heterocycles. The number of aryl methyl sites for hydroxylation is 2. The Morgan fingerprint density at radius 1 is 0.842 bits per heavy atom. The standard InChI is InChI=1S/C15H14Cl2S2/c1-8-12(6-14(16)18-8)10-4-3-5-11(10)13-7-15(17)19-9(13)2/h6-7H,3-5H2,1-2H3. The Morgan fingerprint density at radius 2 is 1.26 bits per heavy atom. The highest BCUT2D eigenvalue weighted by Gasteiger charge is 2.22. The molecule has 0 unspecified atom stereocenters. The molecule has 0 N–H and O–H groups in total.